The van der Waals surface area contributed by atoms with E-state index in [1.807, 2.05) is 0 Å². The predicted molar refractivity (Wildman–Crippen MR) is 94.8 cm³/mol. The van der Waals surface area contributed by atoms with Gasteiger partial charge in [0.1, 0.15) is 6.54 Å². The molecule has 0 aliphatic rings. The molecule has 0 aliphatic carbocycles. The summed E-state index contributed by atoms with van der Waals surface area (Å²) in [5.74, 6) is -1.09. The lowest BCUT2D eigenvalue weighted by Crippen LogP contribution is -2.32. The lowest BCUT2D eigenvalue weighted by Gasteiger charge is -2.08. The summed E-state index contributed by atoms with van der Waals surface area (Å²) in [6.07, 6.45) is 1.99. The first kappa shape index (κ1) is 19.0. The largest absolute Gasteiger partial charge is 0.454 e. The highest BCUT2D eigenvalue weighted by Gasteiger charge is 2.09. The zero-order valence-corrected chi connectivity index (χ0v) is 14.7. The Bertz CT molecular complexity index is 820. The average Bonchev–Trinajstić information content (AvgIpc) is 2.57. The van der Waals surface area contributed by atoms with Crippen LogP contribution < -0.4 is 10.9 Å². The zero-order chi connectivity index (χ0) is 18.2. The Kier molecular flexibility index (Phi) is 7.03. The van der Waals surface area contributed by atoms with Gasteiger partial charge in [-0.1, -0.05) is 35.3 Å². The monoisotopic (exact) mass is 382 g/mol. The maximum Gasteiger partial charge on any atom is 0.326 e. The van der Waals surface area contributed by atoms with Crippen LogP contribution in [-0.4, -0.2) is 29.6 Å². The normalized spacial score (nSPS) is 10.3. The van der Waals surface area contributed by atoms with E-state index in [-0.39, 0.29) is 12.1 Å². The molecule has 0 saturated carbocycles. The molecule has 6 nitrogen and oxygen atoms in total. The third-order valence-electron chi connectivity index (χ3n) is 3.29. The van der Waals surface area contributed by atoms with E-state index in [0.29, 0.717) is 23.0 Å². The first-order valence-corrected chi connectivity index (χ1v) is 8.23. The van der Waals surface area contributed by atoms with E-state index in [0.717, 1.165) is 5.56 Å². The SMILES string of the molecule is O=C(COC(=O)Cn1ccccc1=O)NCCc1ccc(Cl)cc1Cl. The van der Waals surface area contributed by atoms with Crippen LogP contribution in [0.2, 0.25) is 10.0 Å². The van der Waals surface area contributed by atoms with Crippen molar-refractivity contribution in [2.75, 3.05) is 13.2 Å². The molecule has 132 valence electrons. The van der Waals surface area contributed by atoms with Gasteiger partial charge in [-0.3, -0.25) is 14.4 Å². The van der Waals surface area contributed by atoms with E-state index < -0.39 is 18.5 Å². The molecule has 0 radical (unpaired) electrons. The Morgan fingerprint density at radius 1 is 1.16 bits per heavy atom. The molecule has 0 bridgehead atoms. The fraction of sp³-hybridized carbons (Fsp3) is 0.235. The Hall–Kier alpha value is -2.31. The highest BCUT2D eigenvalue weighted by atomic mass is 35.5. The molecule has 2 rings (SSSR count). The van der Waals surface area contributed by atoms with Crippen molar-refractivity contribution in [3.63, 3.8) is 0 Å². The summed E-state index contributed by atoms with van der Waals surface area (Å²) in [6.45, 7) is -0.308. The summed E-state index contributed by atoms with van der Waals surface area (Å²) >= 11 is 11.9. The van der Waals surface area contributed by atoms with Crippen molar-refractivity contribution in [3.05, 3.63) is 68.6 Å². The minimum atomic E-state index is -0.663. The summed E-state index contributed by atoms with van der Waals surface area (Å²) < 4.78 is 6.05. The Morgan fingerprint density at radius 2 is 1.96 bits per heavy atom. The van der Waals surface area contributed by atoms with Crippen molar-refractivity contribution in [2.45, 2.75) is 13.0 Å². The second kappa shape index (κ2) is 9.25. The van der Waals surface area contributed by atoms with E-state index in [1.54, 1.807) is 30.3 Å². The standard InChI is InChI=1S/C17H16Cl2N2O4/c18-13-5-4-12(14(19)9-13)6-7-20-15(22)11-25-17(24)10-21-8-2-1-3-16(21)23/h1-5,8-9H,6-7,10-11H2,(H,20,22). The molecule has 1 heterocycles. The molecule has 0 aliphatic heterocycles. The van der Waals surface area contributed by atoms with Gasteiger partial charge in [0.15, 0.2) is 6.61 Å². The van der Waals surface area contributed by atoms with Gasteiger partial charge in [0, 0.05) is 28.9 Å². The minimum absolute atomic E-state index is 0.243. The van der Waals surface area contributed by atoms with Crippen LogP contribution in [0.5, 0.6) is 0 Å². The van der Waals surface area contributed by atoms with E-state index in [9.17, 15) is 14.4 Å². The summed E-state index contributed by atoms with van der Waals surface area (Å²) in [5.41, 5.74) is 0.538. The number of nitrogens with zero attached hydrogens (tertiary/aromatic N) is 1. The molecule has 0 fully saturated rings. The van der Waals surface area contributed by atoms with Gasteiger partial charge in [-0.15, -0.1) is 0 Å². The number of amides is 1. The molecule has 25 heavy (non-hydrogen) atoms. The van der Waals surface area contributed by atoms with Crippen molar-refractivity contribution in [3.8, 4) is 0 Å². The number of nitrogens with one attached hydrogen (secondary N) is 1. The second-order valence-electron chi connectivity index (χ2n) is 5.16. The van der Waals surface area contributed by atoms with Gasteiger partial charge in [0.2, 0.25) is 0 Å². The highest BCUT2D eigenvalue weighted by molar-refractivity contribution is 6.35. The van der Waals surface area contributed by atoms with Gasteiger partial charge in [-0.25, -0.2) is 0 Å². The van der Waals surface area contributed by atoms with Gasteiger partial charge in [-0.05, 0) is 30.2 Å². The quantitative estimate of drug-likeness (QED) is 0.743. The molecule has 1 N–H and O–H groups in total. The van der Waals surface area contributed by atoms with Crippen LogP contribution in [0.3, 0.4) is 0 Å². The number of carbonyl (C=O) groups excluding carboxylic acids is 2. The van der Waals surface area contributed by atoms with Crippen molar-refractivity contribution in [1.29, 1.82) is 0 Å². The summed E-state index contributed by atoms with van der Waals surface area (Å²) in [7, 11) is 0. The van der Waals surface area contributed by atoms with Crippen LogP contribution >= 0.6 is 23.2 Å². The fourth-order valence-corrected chi connectivity index (χ4v) is 2.54. The number of benzene rings is 1. The minimum Gasteiger partial charge on any atom is -0.454 e. The van der Waals surface area contributed by atoms with Crippen LogP contribution in [0, 0.1) is 0 Å². The molecule has 1 aromatic heterocycles. The average molecular weight is 383 g/mol. The summed E-state index contributed by atoms with van der Waals surface area (Å²) in [5, 5.41) is 3.70. The molecule has 0 saturated heterocycles. The number of halogens is 2. The van der Waals surface area contributed by atoms with Crippen molar-refractivity contribution in [1.82, 2.24) is 9.88 Å². The van der Waals surface area contributed by atoms with Crippen molar-refractivity contribution >= 4 is 35.1 Å². The fourth-order valence-electron chi connectivity index (χ4n) is 2.03. The van der Waals surface area contributed by atoms with E-state index in [4.69, 9.17) is 27.9 Å². The summed E-state index contributed by atoms with van der Waals surface area (Å²) in [4.78, 5) is 34.8. The molecule has 2 aromatic rings. The number of aromatic nitrogens is 1. The molecular weight excluding hydrogens is 367 g/mol. The van der Waals surface area contributed by atoms with Crippen LogP contribution in [0.25, 0.3) is 0 Å². The second-order valence-corrected chi connectivity index (χ2v) is 6.01. The van der Waals surface area contributed by atoms with Gasteiger partial charge >= 0.3 is 5.97 Å². The molecule has 0 spiro atoms. The Labute approximate surface area is 154 Å². The van der Waals surface area contributed by atoms with E-state index in [1.165, 1.54) is 16.8 Å². The summed E-state index contributed by atoms with van der Waals surface area (Å²) in [6, 6.07) is 9.68. The number of rotatable bonds is 7. The maximum absolute atomic E-state index is 11.7. The topological polar surface area (TPSA) is 77.4 Å². The smallest absolute Gasteiger partial charge is 0.326 e. The number of hydrogen-bond donors (Lipinski definition) is 1. The van der Waals surface area contributed by atoms with E-state index >= 15 is 0 Å². The molecule has 0 unspecified atom stereocenters. The first-order chi connectivity index (χ1) is 12.0. The lowest BCUT2D eigenvalue weighted by atomic mass is 10.1. The van der Waals surface area contributed by atoms with Crippen LogP contribution in [0.15, 0.2) is 47.4 Å². The van der Waals surface area contributed by atoms with Gasteiger partial charge in [-0.2, -0.15) is 0 Å². The molecule has 8 heteroatoms. The maximum atomic E-state index is 11.7. The zero-order valence-electron chi connectivity index (χ0n) is 13.2. The van der Waals surface area contributed by atoms with Gasteiger partial charge in [0.25, 0.3) is 11.5 Å². The molecule has 0 atom stereocenters. The number of ether oxygens (including phenoxy) is 1. The highest BCUT2D eigenvalue weighted by Crippen LogP contribution is 2.20. The van der Waals surface area contributed by atoms with Crippen molar-refractivity contribution < 1.29 is 14.3 Å². The number of carbonyl (C=O) groups is 2. The van der Waals surface area contributed by atoms with Crippen LogP contribution in [-0.2, 0) is 27.3 Å². The number of esters is 1. The molecule has 1 aromatic carbocycles. The van der Waals surface area contributed by atoms with Gasteiger partial charge in [0.05, 0.1) is 0 Å². The van der Waals surface area contributed by atoms with Crippen molar-refractivity contribution in [2.24, 2.45) is 0 Å². The third-order valence-corrected chi connectivity index (χ3v) is 3.88. The van der Waals surface area contributed by atoms with E-state index in [2.05, 4.69) is 5.32 Å². The van der Waals surface area contributed by atoms with Gasteiger partial charge < -0.3 is 14.6 Å². The number of hydrogen-bond acceptors (Lipinski definition) is 4. The van der Waals surface area contributed by atoms with Crippen LogP contribution in [0.4, 0.5) is 0 Å². The first-order valence-electron chi connectivity index (χ1n) is 7.47. The molecular formula is C17H16Cl2N2O4. The molecule has 1 amide bonds. The number of pyridine rings is 1. The lowest BCUT2D eigenvalue weighted by molar-refractivity contribution is -0.149. The van der Waals surface area contributed by atoms with Crippen LogP contribution in [0.1, 0.15) is 5.56 Å². The Morgan fingerprint density at radius 3 is 2.68 bits per heavy atom. The third kappa shape index (κ3) is 6.25. The Balaban J connectivity index is 1.71. The predicted octanol–water partition coefficient (Wildman–Crippen LogP) is 2.06.